The van der Waals surface area contributed by atoms with E-state index in [0.29, 0.717) is 6.04 Å². The van der Waals surface area contributed by atoms with Gasteiger partial charge >= 0.3 is 0 Å². The summed E-state index contributed by atoms with van der Waals surface area (Å²) >= 11 is 1.90. The molecule has 0 radical (unpaired) electrons. The highest BCUT2D eigenvalue weighted by Crippen LogP contribution is 2.18. The molecule has 17 heavy (non-hydrogen) atoms. The van der Waals surface area contributed by atoms with Crippen LogP contribution in [0.15, 0.2) is 12.5 Å². The van der Waals surface area contributed by atoms with E-state index in [1.807, 2.05) is 24.3 Å². The molecule has 0 amide bonds. The number of nitrogens with zero attached hydrogens (tertiary/aromatic N) is 2. The van der Waals surface area contributed by atoms with Gasteiger partial charge in [-0.05, 0) is 33.4 Å². The van der Waals surface area contributed by atoms with Crippen molar-refractivity contribution in [2.75, 3.05) is 12.0 Å². The minimum absolute atomic E-state index is 0.149. The summed E-state index contributed by atoms with van der Waals surface area (Å²) in [4.78, 5) is 4.29. The second-order valence-electron chi connectivity index (χ2n) is 5.41. The summed E-state index contributed by atoms with van der Waals surface area (Å²) in [6, 6.07) is 0.560. The fraction of sp³-hybridized carbons (Fsp3) is 0.769. The molecule has 0 aliphatic heterocycles. The molecule has 0 saturated carbocycles. The minimum atomic E-state index is 0.149. The highest BCUT2D eigenvalue weighted by Gasteiger charge is 2.14. The van der Waals surface area contributed by atoms with Gasteiger partial charge in [0.1, 0.15) is 0 Å². The van der Waals surface area contributed by atoms with Gasteiger partial charge in [-0.2, -0.15) is 11.8 Å². The summed E-state index contributed by atoms with van der Waals surface area (Å²) in [5, 5.41) is 3.52. The first kappa shape index (κ1) is 14.6. The monoisotopic (exact) mass is 255 g/mol. The molecule has 0 bridgehead atoms. The van der Waals surface area contributed by atoms with Crippen molar-refractivity contribution in [3.63, 3.8) is 0 Å². The fourth-order valence-corrected chi connectivity index (χ4v) is 2.52. The first-order chi connectivity index (χ1) is 7.98. The number of nitrogens with one attached hydrogen (secondary N) is 1. The van der Waals surface area contributed by atoms with Crippen LogP contribution in [0.2, 0.25) is 0 Å². The molecule has 1 unspecified atom stereocenters. The van der Waals surface area contributed by atoms with Crippen LogP contribution in [0, 0.1) is 0 Å². The van der Waals surface area contributed by atoms with Gasteiger partial charge in [0, 0.05) is 30.1 Å². The molecule has 0 aromatic carbocycles. The summed E-state index contributed by atoms with van der Waals surface area (Å²) in [6.45, 7) is 9.68. The van der Waals surface area contributed by atoms with Crippen molar-refractivity contribution in [2.45, 2.75) is 52.2 Å². The third-order valence-electron chi connectivity index (χ3n) is 2.77. The Labute approximate surface area is 109 Å². The van der Waals surface area contributed by atoms with Crippen LogP contribution in [0.5, 0.6) is 0 Å². The van der Waals surface area contributed by atoms with E-state index in [-0.39, 0.29) is 5.54 Å². The Morgan fingerprint density at radius 2 is 2.18 bits per heavy atom. The van der Waals surface area contributed by atoms with Gasteiger partial charge in [-0.3, -0.25) is 0 Å². The second kappa shape index (κ2) is 6.45. The number of rotatable bonds is 6. The van der Waals surface area contributed by atoms with E-state index in [1.54, 1.807) is 0 Å². The van der Waals surface area contributed by atoms with Gasteiger partial charge in [-0.15, -0.1) is 0 Å². The summed E-state index contributed by atoms with van der Waals surface area (Å²) in [5.41, 5.74) is 1.43. The van der Waals surface area contributed by atoms with Crippen LogP contribution in [-0.4, -0.2) is 27.1 Å². The van der Waals surface area contributed by atoms with E-state index < -0.39 is 0 Å². The zero-order chi connectivity index (χ0) is 12.9. The van der Waals surface area contributed by atoms with Crippen molar-refractivity contribution in [3.05, 3.63) is 18.2 Å². The van der Waals surface area contributed by atoms with Gasteiger partial charge in [-0.1, -0.05) is 6.92 Å². The Hall–Kier alpha value is -0.480. The summed E-state index contributed by atoms with van der Waals surface area (Å²) in [6.07, 6.45) is 7.25. The maximum Gasteiger partial charge on any atom is 0.0951 e. The third-order valence-corrected chi connectivity index (χ3v) is 3.49. The van der Waals surface area contributed by atoms with E-state index in [2.05, 4.69) is 48.8 Å². The molecule has 0 aliphatic rings. The van der Waals surface area contributed by atoms with Gasteiger partial charge in [0.2, 0.25) is 0 Å². The SMILES string of the molecule is CCC(CSC)n1cncc1CNC(C)(C)C. The number of hydrogen-bond donors (Lipinski definition) is 1. The van der Waals surface area contributed by atoms with E-state index in [0.717, 1.165) is 18.7 Å². The van der Waals surface area contributed by atoms with Crippen LogP contribution in [0.4, 0.5) is 0 Å². The average Bonchev–Trinajstić information content (AvgIpc) is 2.70. The zero-order valence-electron chi connectivity index (χ0n) is 11.7. The van der Waals surface area contributed by atoms with Gasteiger partial charge in [0.15, 0.2) is 0 Å². The molecule has 98 valence electrons. The lowest BCUT2D eigenvalue weighted by molar-refractivity contribution is 0.408. The Bertz CT molecular complexity index is 328. The Balaban J connectivity index is 2.70. The van der Waals surface area contributed by atoms with Crippen molar-refractivity contribution >= 4 is 11.8 Å². The van der Waals surface area contributed by atoms with E-state index >= 15 is 0 Å². The van der Waals surface area contributed by atoms with Gasteiger partial charge < -0.3 is 9.88 Å². The van der Waals surface area contributed by atoms with Crippen molar-refractivity contribution in [2.24, 2.45) is 0 Å². The maximum absolute atomic E-state index is 4.29. The van der Waals surface area contributed by atoms with E-state index in [1.165, 1.54) is 5.69 Å². The van der Waals surface area contributed by atoms with Crippen LogP contribution < -0.4 is 5.32 Å². The minimum Gasteiger partial charge on any atom is -0.329 e. The van der Waals surface area contributed by atoms with E-state index in [9.17, 15) is 0 Å². The predicted octanol–water partition coefficient (Wildman–Crippen LogP) is 3.09. The van der Waals surface area contributed by atoms with Crippen LogP contribution in [0.3, 0.4) is 0 Å². The van der Waals surface area contributed by atoms with Crippen LogP contribution >= 0.6 is 11.8 Å². The lowest BCUT2D eigenvalue weighted by Gasteiger charge is -2.23. The molecule has 1 N–H and O–H groups in total. The molecule has 3 nitrogen and oxygen atoms in total. The zero-order valence-corrected chi connectivity index (χ0v) is 12.5. The first-order valence-corrected chi connectivity index (χ1v) is 7.62. The molecule has 4 heteroatoms. The Kier molecular flexibility index (Phi) is 5.53. The highest BCUT2D eigenvalue weighted by molar-refractivity contribution is 7.98. The molecular formula is C13H25N3S. The molecule has 1 atom stereocenters. The van der Waals surface area contributed by atoms with Crippen molar-refractivity contribution in [3.8, 4) is 0 Å². The largest absolute Gasteiger partial charge is 0.329 e. The lowest BCUT2D eigenvalue weighted by atomic mass is 10.1. The van der Waals surface area contributed by atoms with Crippen molar-refractivity contribution in [1.82, 2.24) is 14.9 Å². The standard InChI is InChI=1S/C13H25N3S/c1-6-11(9-17-5)16-10-14-7-12(16)8-15-13(2,3)4/h7,10-11,15H,6,8-9H2,1-5H3. The average molecular weight is 255 g/mol. The van der Waals surface area contributed by atoms with E-state index in [4.69, 9.17) is 0 Å². The van der Waals surface area contributed by atoms with Crippen LogP contribution in [0.25, 0.3) is 0 Å². The number of thioether (sulfide) groups is 1. The first-order valence-electron chi connectivity index (χ1n) is 6.22. The van der Waals surface area contributed by atoms with Gasteiger partial charge in [0.25, 0.3) is 0 Å². The van der Waals surface area contributed by atoms with Crippen molar-refractivity contribution < 1.29 is 0 Å². The second-order valence-corrected chi connectivity index (χ2v) is 6.32. The molecular weight excluding hydrogens is 230 g/mol. The summed E-state index contributed by atoms with van der Waals surface area (Å²) in [5.74, 6) is 1.15. The number of imidazole rings is 1. The summed E-state index contributed by atoms with van der Waals surface area (Å²) in [7, 11) is 0. The topological polar surface area (TPSA) is 29.9 Å². The van der Waals surface area contributed by atoms with Gasteiger partial charge in [-0.25, -0.2) is 4.98 Å². The quantitative estimate of drug-likeness (QED) is 0.847. The molecule has 1 heterocycles. The molecule has 0 aliphatic carbocycles. The predicted molar refractivity (Wildman–Crippen MR) is 76.5 cm³/mol. The highest BCUT2D eigenvalue weighted by atomic mass is 32.2. The van der Waals surface area contributed by atoms with Crippen LogP contribution in [-0.2, 0) is 6.54 Å². The molecule has 1 aromatic heterocycles. The Morgan fingerprint density at radius 1 is 1.47 bits per heavy atom. The third kappa shape index (κ3) is 4.72. The number of aromatic nitrogens is 2. The molecule has 0 fully saturated rings. The normalized spacial score (nSPS) is 13.9. The smallest absolute Gasteiger partial charge is 0.0951 e. The molecule has 0 spiro atoms. The lowest BCUT2D eigenvalue weighted by Crippen LogP contribution is -2.35. The maximum atomic E-state index is 4.29. The van der Waals surface area contributed by atoms with Gasteiger partial charge in [0.05, 0.1) is 12.0 Å². The van der Waals surface area contributed by atoms with Crippen LogP contribution in [0.1, 0.15) is 45.9 Å². The summed E-state index contributed by atoms with van der Waals surface area (Å²) < 4.78 is 2.31. The fourth-order valence-electron chi connectivity index (χ4n) is 1.74. The van der Waals surface area contributed by atoms with Crippen molar-refractivity contribution in [1.29, 1.82) is 0 Å². The number of hydrogen-bond acceptors (Lipinski definition) is 3. The molecule has 1 rings (SSSR count). The molecule has 0 saturated heterocycles. The Morgan fingerprint density at radius 3 is 2.71 bits per heavy atom. The molecule has 1 aromatic rings.